The second-order valence-corrected chi connectivity index (χ2v) is 5.87. The quantitative estimate of drug-likeness (QED) is 0.868. The van der Waals surface area contributed by atoms with Gasteiger partial charge >= 0.3 is 0 Å². The van der Waals surface area contributed by atoms with Crippen LogP contribution in [-0.4, -0.2) is 30.1 Å². The van der Waals surface area contributed by atoms with Crippen molar-refractivity contribution in [2.45, 2.75) is 26.3 Å². The van der Waals surface area contributed by atoms with Crippen LogP contribution in [0.25, 0.3) is 0 Å². The molecule has 1 aliphatic heterocycles. The number of hydrogen-bond acceptors (Lipinski definition) is 4. The summed E-state index contributed by atoms with van der Waals surface area (Å²) in [5.74, 6) is 1.67. The third kappa shape index (κ3) is 3.18. The molecule has 1 fully saturated rings. The summed E-state index contributed by atoms with van der Waals surface area (Å²) in [6.45, 7) is 4.51. The van der Waals surface area contributed by atoms with Crippen molar-refractivity contribution in [3.8, 4) is 0 Å². The molecule has 0 N–H and O–H groups in total. The largest absolute Gasteiger partial charge is 0.356 e. The van der Waals surface area contributed by atoms with E-state index in [-0.39, 0.29) is 5.82 Å². The highest BCUT2D eigenvalue weighted by Gasteiger charge is 2.15. The molecular formula is C17H21FN4. The molecule has 0 amide bonds. The molecular weight excluding hydrogens is 279 g/mol. The van der Waals surface area contributed by atoms with Gasteiger partial charge in [-0.15, -0.1) is 0 Å². The monoisotopic (exact) mass is 300 g/mol. The Morgan fingerprint density at radius 3 is 2.68 bits per heavy atom. The Hall–Kier alpha value is -2.17. The molecule has 4 nitrogen and oxygen atoms in total. The topological polar surface area (TPSA) is 32.3 Å². The molecule has 3 rings (SSSR count). The van der Waals surface area contributed by atoms with Crippen LogP contribution >= 0.6 is 0 Å². The summed E-state index contributed by atoms with van der Waals surface area (Å²) >= 11 is 0. The summed E-state index contributed by atoms with van der Waals surface area (Å²) in [6, 6.07) is 7.37. The lowest BCUT2D eigenvalue weighted by Gasteiger charge is -2.21. The van der Waals surface area contributed by atoms with E-state index in [0.717, 1.165) is 30.3 Å². The van der Waals surface area contributed by atoms with E-state index in [1.165, 1.54) is 12.8 Å². The molecule has 0 unspecified atom stereocenters. The van der Waals surface area contributed by atoms with E-state index in [0.29, 0.717) is 12.1 Å². The predicted molar refractivity (Wildman–Crippen MR) is 86.7 cm³/mol. The maximum atomic E-state index is 13.6. The van der Waals surface area contributed by atoms with Crippen molar-refractivity contribution in [2.75, 3.05) is 29.9 Å². The van der Waals surface area contributed by atoms with E-state index < -0.39 is 0 Å². The highest BCUT2D eigenvalue weighted by atomic mass is 19.1. The van der Waals surface area contributed by atoms with Gasteiger partial charge in [-0.25, -0.2) is 14.4 Å². The van der Waals surface area contributed by atoms with Gasteiger partial charge in [-0.05, 0) is 37.0 Å². The zero-order valence-corrected chi connectivity index (χ0v) is 13.1. The highest BCUT2D eigenvalue weighted by Crippen LogP contribution is 2.22. The maximum Gasteiger partial charge on any atom is 0.134 e. The van der Waals surface area contributed by atoms with Crippen molar-refractivity contribution in [1.82, 2.24) is 9.97 Å². The first-order valence-electron chi connectivity index (χ1n) is 7.66. The summed E-state index contributed by atoms with van der Waals surface area (Å²) in [5.41, 5.74) is 1.61. The van der Waals surface area contributed by atoms with E-state index in [2.05, 4.69) is 14.9 Å². The third-order valence-electron chi connectivity index (χ3n) is 4.12. The predicted octanol–water partition coefficient (Wildman–Crippen LogP) is 3.16. The molecule has 5 heteroatoms. The van der Waals surface area contributed by atoms with Gasteiger partial charge in [0.2, 0.25) is 0 Å². The molecule has 0 saturated carbocycles. The van der Waals surface area contributed by atoms with Crippen molar-refractivity contribution in [3.05, 3.63) is 47.5 Å². The van der Waals surface area contributed by atoms with Gasteiger partial charge in [-0.1, -0.05) is 12.1 Å². The van der Waals surface area contributed by atoms with Crippen LogP contribution in [0.4, 0.5) is 16.0 Å². The zero-order valence-electron chi connectivity index (χ0n) is 13.1. The van der Waals surface area contributed by atoms with Gasteiger partial charge in [-0.3, -0.25) is 0 Å². The van der Waals surface area contributed by atoms with Crippen molar-refractivity contribution in [3.63, 3.8) is 0 Å². The van der Waals surface area contributed by atoms with Gasteiger partial charge in [0.25, 0.3) is 0 Å². The molecule has 2 heterocycles. The Balaban J connectivity index is 1.75. The van der Waals surface area contributed by atoms with Crippen LogP contribution in [0.2, 0.25) is 0 Å². The number of rotatable bonds is 4. The van der Waals surface area contributed by atoms with Gasteiger partial charge in [0, 0.05) is 32.7 Å². The molecule has 0 atom stereocenters. The lowest BCUT2D eigenvalue weighted by Crippen LogP contribution is -2.22. The number of nitrogens with zero attached hydrogens (tertiary/aromatic N) is 4. The number of aryl methyl sites for hydroxylation is 1. The standard InChI is InChI=1S/C17H21FN4/c1-13-5-6-14(9-15(13)18)11-21(2)16-10-17(20-12-19-16)22-7-3-4-8-22/h5-6,9-10,12H,3-4,7-8,11H2,1-2H3. The van der Waals surface area contributed by atoms with Crippen molar-refractivity contribution >= 4 is 11.6 Å². The lowest BCUT2D eigenvalue weighted by molar-refractivity contribution is 0.615. The zero-order chi connectivity index (χ0) is 15.5. The summed E-state index contributed by atoms with van der Waals surface area (Å²) in [6.07, 6.45) is 4.05. The van der Waals surface area contributed by atoms with Gasteiger partial charge in [-0.2, -0.15) is 0 Å². The van der Waals surface area contributed by atoms with Gasteiger partial charge in [0.15, 0.2) is 0 Å². The number of anilines is 2. The molecule has 22 heavy (non-hydrogen) atoms. The van der Waals surface area contributed by atoms with Crippen LogP contribution in [-0.2, 0) is 6.54 Å². The normalized spacial score (nSPS) is 14.4. The molecule has 1 aliphatic rings. The summed E-state index contributed by atoms with van der Waals surface area (Å²) in [4.78, 5) is 13.0. The van der Waals surface area contributed by atoms with E-state index in [1.54, 1.807) is 19.3 Å². The minimum absolute atomic E-state index is 0.161. The number of halogens is 1. The first-order valence-corrected chi connectivity index (χ1v) is 7.66. The van der Waals surface area contributed by atoms with Gasteiger partial charge in [0.05, 0.1) is 0 Å². The fourth-order valence-electron chi connectivity index (χ4n) is 2.75. The van der Waals surface area contributed by atoms with Crippen LogP contribution < -0.4 is 9.80 Å². The smallest absolute Gasteiger partial charge is 0.134 e. The fourth-order valence-corrected chi connectivity index (χ4v) is 2.75. The molecule has 116 valence electrons. The maximum absolute atomic E-state index is 13.6. The fraction of sp³-hybridized carbons (Fsp3) is 0.412. The lowest BCUT2D eigenvalue weighted by atomic mass is 10.1. The number of hydrogen-bond donors (Lipinski definition) is 0. The molecule has 1 aromatic carbocycles. The third-order valence-corrected chi connectivity index (χ3v) is 4.12. The summed E-state index contributed by atoms with van der Waals surface area (Å²) < 4.78 is 13.6. The number of aromatic nitrogens is 2. The average molecular weight is 300 g/mol. The van der Waals surface area contributed by atoms with Gasteiger partial charge in [0.1, 0.15) is 23.8 Å². The van der Waals surface area contributed by atoms with E-state index >= 15 is 0 Å². The first-order chi connectivity index (χ1) is 10.6. The van der Waals surface area contributed by atoms with Crippen molar-refractivity contribution in [1.29, 1.82) is 0 Å². The Bertz CT molecular complexity index is 653. The summed E-state index contributed by atoms with van der Waals surface area (Å²) in [5, 5.41) is 0. The second kappa shape index (κ2) is 6.30. The number of benzene rings is 1. The van der Waals surface area contributed by atoms with Crippen molar-refractivity contribution < 1.29 is 4.39 Å². The minimum atomic E-state index is -0.161. The van der Waals surface area contributed by atoms with Crippen LogP contribution in [0.15, 0.2) is 30.6 Å². The molecule has 0 spiro atoms. The average Bonchev–Trinajstić information content (AvgIpc) is 3.05. The SMILES string of the molecule is Cc1ccc(CN(C)c2cc(N3CCCC3)ncn2)cc1F. The Labute approximate surface area is 130 Å². The summed E-state index contributed by atoms with van der Waals surface area (Å²) in [7, 11) is 1.97. The first kappa shape index (κ1) is 14.8. The molecule has 2 aromatic rings. The highest BCUT2D eigenvalue weighted by molar-refractivity contribution is 5.50. The van der Waals surface area contributed by atoms with Crippen molar-refractivity contribution in [2.24, 2.45) is 0 Å². The van der Waals surface area contributed by atoms with Crippen LogP contribution in [0.1, 0.15) is 24.0 Å². The Morgan fingerprint density at radius 2 is 1.95 bits per heavy atom. The molecule has 0 radical (unpaired) electrons. The molecule has 0 aliphatic carbocycles. The van der Waals surface area contributed by atoms with Crippen LogP contribution in [0.5, 0.6) is 0 Å². The molecule has 1 aromatic heterocycles. The van der Waals surface area contributed by atoms with Crippen LogP contribution in [0, 0.1) is 12.7 Å². The van der Waals surface area contributed by atoms with Crippen LogP contribution in [0.3, 0.4) is 0 Å². The Kier molecular flexibility index (Phi) is 4.22. The minimum Gasteiger partial charge on any atom is -0.356 e. The van der Waals surface area contributed by atoms with E-state index in [1.807, 2.05) is 30.1 Å². The van der Waals surface area contributed by atoms with E-state index in [9.17, 15) is 4.39 Å². The molecule has 1 saturated heterocycles. The van der Waals surface area contributed by atoms with Gasteiger partial charge < -0.3 is 9.80 Å². The molecule has 0 bridgehead atoms. The van der Waals surface area contributed by atoms with E-state index in [4.69, 9.17) is 0 Å². The Morgan fingerprint density at radius 1 is 1.18 bits per heavy atom. The second-order valence-electron chi connectivity index (χ2n) is 5.87.